The number of benzene rings is 1. The second-order valence-electron chi connectivity index (χ2n) is 5.33. The van der Waals surface area contributed by atoms with Gasteiger partial charge in [0.05, 0.1) is 12.6 Å². The zero-order valence-electron chi connectivity index (χ0n) is 12.1. The van der Waals surface area contributed by atoms with Gasteiger partial charge < -0.3 is 10.4 Å². The highest BCUT2D eigenvalue weighted by atomic mass is 32.1. The third-order valence-electron chi connectivity index (χ3n) is 3.61. The van der Waals surface area contributed by atoms with E-state index in [2.05, 4.69) is 20.4 Å². The highest BCUT2D eigenvalue weighted by molar-refractivity contribution is 7.13. The fourth-order valence-corrected chi connectivity index (χ4v) is 3.16. The van der Waals surface area contributed by atoms with Crippen molar-refractivity contribution < 1.29 is 9.90 Å². The van der Waals surface area contributed by atoms with Crippen LogP contribution in [0.25, 0.3) is 0 Å². The molecule has 7 heteroatoms. The van der Waals surface area contributed by atoms with E-state index in [-0.39, 0.29) is 12.0 Å². The number of rotatable bonds is 4. The van der Waals surface area contributed by atoms with E-state index in [4.69, 9.17) is 0 Å². The van der Waals surface area contributed by atoms with Crippen LogP contribution in [0.3, 0.4) is 0 Å². The lowest BCUT2D eigenvalue weighted by atomic mass is 10.1. The average Bonchev–Trinajstić information content (AvgIpc) is 2.99. The number of aromatic nitrogens is 2. The third-order valence-corrected chi connectivity index (χ3v) is 4.52. The van der Waals surface area contributed by atoms with Crippen molar-refractivity contribution in [2.75, 3.05) is 18.4 Å². The van der Waals surface area contributed by atoms with Crippen LogP contribution < -0.4 is 5.32 Å². The molecule has 2 heterocycles. The van der Waals surface area contributed by atoms with Gasteiger partial charge in [0.1, 0.15) is 5.01 Å². The Kier molecular flexibility index (Phi) is 4.77. The molecule has 22 heavy (non-hydrogen) atoms. The van der Waals surface area contributed by atoms with Gasteiger partial charge in [-0.2, -0.15) is 0 Å². The van der Waals surface area contributed by atoms with Crippen LogP contribution in [0.15, 0.2) is 30.3 Å². The Morgan fingerprint density at radius 1 is 1.27 bits per heavy atom. The SMILES string of the molecule is O=C(Nc1ccccc1)c1nnc(CN2CCC(O)CC2)s1. The summed E-state index contributed by atoms with van der Waals surface area (Å²) < 4.78 is 0. The molecule has 1 saturated heterocycles. The Labute approximate surface area is 132 Å². The summed E-state index contributed by atoms with van der Waals surface area (Å²) >= 11 is 1.32. The van der Waals surface area contributed by atoms with Crippen LogP contribution in [0, 0.1) is 0 Å². The van der Waals surface area contributed by atoms with E-state index in [1.807, 2.05) is 30.3 Å². The minimum absolute atomic E-state index is 0.183. The summed E-state index contributed by atoms with van der Waals surface area (Å²) in [7, 11) is 0. The number of hydrogen-bond donors (Lipinski definition) is 2. The number of nitrogens with one attached hydrogen (secondary N) is 1. The molecule has 1 aromatic carbocycles. The number of carbonyl (C=O) groups excluding carboxylic acids is 1. The van der Waals surface area contributed by atoms with Crippen molar-refractivity contribution in [2.45, 2.75) is 25.5 Å². The van der Waals surface area contributed by atoms with E-state index < -0.39 is 0 Å². The fraction of sp³-hybridized carbons (Fsp3) is 0.400. The van der Waals surface area contributed by atoms with Crippen LogP contribution in [0.4, 0.5) is 5.69 Å². The normalized spacial score (nSPS) is 16.6. The predicted octanol–water partition coefficient (Wildman–Crippen LogP) is 1.75. The maximum absolute atomic E-state index is 12.1. The van der Waals surface area contributed by atoms with Gasteiger partial charge in [-0.3, -0.25) is 9.69 Å². The number of para-hydroxylation sites is 1. The zero-order chi connectivity index (χ0) is 15.4. The summed E-state index contributed by atoms with van der Waals surface area (Å²) in [4.78, 5) is 14.3. The fourth-order valence-electron chi connectivity index (χ4n) is 2.38. The molecule has 1 fully saturated rings. The van der Waals surface area contributed by atoms with Gasteiger partial charge in [-0.15, -0.1) is 10.2 Å². The molecule has 1 aliphatic rings. The minimum atomic E-state index is -0.232. The summed E-state index contributed by atoms with van der Waals surface area (Å²) in [5.41, 5.74) is 0.745. The molecule has 0 aliphatic carbocycles. The molecule has 3 rings (SSSR count). The zero-order valence-corrected chi connectivity index (χ0v) is 12.9. The third kappa shape index (κ3) is 3.88. The van der Waals surface area contributed by atoms with E-state index in [0.717, 1.165) is 36.6 Å². The molecule has 1 amide bonds. The van der Waals surface area contributed by atoms with Crippen molar-refractivity contribution >= 4 is 22.9 Å². The van der Waals surface area contributed by atoms with Crippen molar-refractivity contribution in [1.82, 2.24) is 15.1 Å². The maximum Gasteiger partial charge on any atom is 0.286 e. The van der Waals surface area contributed by atoms with Gasteiger partial charge in [0.2, 0.25) is 5.01 Å². The minimum Gasteiger partial charge on any atom is -0.393 e. The first-order chi connectivity index (χ1) is 10.7. The Bertz CT molecular complexity index is 623. The maximum atomic E-state index is 12.1. The molecule has 0 bridgehead atoms. The number of anilines is 1. The topological polar surface area (TPSA) is 78.4 Å². The van der Waals surface area contributed by atoms with Crippen molar-refractivity contribution in [2.24, 2.45) is 0 Å². The molecule has 0 unspecified atom stereocenters. The lowest BCUT2D eigenvalue weighted by Gasteiger charge is -2.28. The van der Waals surface area contributed by atoms with Gasteiger partial charge in [-0.05, 0) is 25.0 Å². The van der Waals surface area contributed by atoms with Crippen molar-refractivity contribution in [3.8, 4) is 0 Å². The number of piperidine rings is 1. The predicted molar refractivity (Wildman–Crippen MR) is 84.8 cm³/mol. The smallest absolute Gasteiger partial charge is 0.286 e. The number of carbonyl (C=O) groups is 1. The first-order valence-electron chi connectivity index (χ1n) is 7.30. The molecular formula is C15H18N4O2S. The number of aliphatic hydroxyl groups is 1. The highest BCUT2D eigenvalue weighted by Crippen LogP contribution is 2.17. The largest absolute Gasteiger partial charge is 0.393 e. The quantitative estimate of drug-likeness (QED) is 0.898. The first-order valence-corrected chi connectivity index (χ1v) is 8.11. The van der Waals surface area contributed by atoms with Crippen LogP contribution in [0.5, 0.6) is 0 Å². The Hall–Kier alpha value is -1.83. The van der Waals surface area contributed by atoms with Crippen LogP contribution in [0.1, 0.15) is 27.7 Å². The van der Waals surface area contributed by atoms with E-state index in [9.17, 15) is 9.90 Å². The molecule has 0 radical (unpaired) electrons. The molecule has 2 aromatic rings. The monoisotopic (exact) mass is 318 g/mol. The number of likely N-dealkylation sites (tertiary alicyclic amines) is 1. The lowest BCUT2D eigenvalue weighted by Crippen LogP contribution is -2.35. The second kappa shape index (κ2) is 6.95. The molecule has 6 nitrogen and oxygen atoms in total. The molecule has 1 aliphatic heterocycles. The van der Waals surface area contributed by atoms with Crippen LogP contribution in [0.2, 0.25) is 0 Å². The second-order valence-corrected chi connectivity index (χ2v) is 6.39. The van der Waals surface area contributed by atoms with Gasteiger partial charge >= 0.3 is 0 Å². The van der Waals surface area contributed by atoms with Crippen molar-refractivity contribution in [3.05, 3.63) is 40.3 Å². The molecule has 0 spiro atoms. The summed E-state index contributed by atoms with van der Waals surface area (Å²) in [6.07, 6.45) is 1.40. The van der Waals surface area contributed by atoms with E-state index >= 15 is 0 Å². The number of hydrogen-bond acceptors (Lipinski definition) is 6. The van der Waals surface area contributed by atoms with Gasteiger partial charge in [0.15, 0.2) is 0 Å². The number of aliphatic hydroxyl groups excluding tert-OH is 1. The molecular weight excluding hydrogens is 300 g/mol. The van der Waals surface area contributed by atoms with Crippen LogP contribution >= 0.6 is 11.3 Å². The van der Waals surface area contributed by atoms with E-state index in [0.29, 0.717) is 11.6 Å². The van der Waals surface area contributed by atoms with E-state index in [1.165, 1.54) is 11.3 Å². The van der Waals surface area contributed by atoms with Gasteiger partial charge in [-0.1, -0.05) is 29.5 Å². The van der Waals surface area contributed by atoms with Crippen LogP contribution in [-0.4, -0.2) is 45.3 Å². The van der Waals surface area contributed by atoms with Crippen molar-refractivity contribution in [3.63, 3.8) is 0 Å². The molecule has 116 valence electrons. The van der Waals surface area contributed by atoms with Gasteiger partial charge in [0, 0.05) is 18.8 Å². The number of nitrogens with zero attached hydrogens (tertiary/aromatic N) is 3. The van der Waals surface area contributed by atoms with Crippen LogP contribution in [-0.2, 0) is 6.54 Å². The first kappa shape index (κ1) is 15.1. The molecule has 1 aromatic heterocycles. The Balaban J connectivity index is 1.57. The lowest BCUT2D eigenvalue weighted by molar-refractivity contribution is 0.0791. The molecule has 0 atom stereocenters. The number of amides is 1. The summed E-state index contributed by atoms with van der Waals surface area (Å²) in [6, 6.07) is 9.30. The van der Waals surface area contributed by atoms with Gasteiger partial charge in [0.25, 0.3) is 5.91 Å². The molecule has 2 N–H and O–H groups in total. The Morgan fingerprint density at radius 2 is 2.00 bits per heavy atom. The molecule has 0 saturated carbocycles. The summed E-state index contributed by atoms with van der Waals surface area (Å²) in [5, 5.41) is 21.6. The Morgan fingerprint density at radius 3 is 2.73 bits per heavy atom. The van der Waals surface area contributed by atoms with E-state index in [1.54, 1.807) is 0 Å². The summed E-state index contributed by atoms with van der Waals surface area (Å²) in [5.74, 6) is -0.232. The van der Waals surface area contributed by atoms with Crippen molar-refractivity contribution in [1.29, 1.82) is 0 Å². The average molecular weight is 318 g/mol. The summed E-state index contributed by atoms with van der Waals surface area (Å²) in [6.45, 7) is 2.39. The highest BCUT2D eigenvalue weighted by Gasteiger charge is 2.19. The van der Waals surface area contributed by atoms with Gasteiger partial charge in [-0.25, -0.2) is 0 Å². The standard InChI is InChI=1S/C15H18N4O2S/c20-12-6-8-19(9-7-12)10-13-17-18-15(22-13)14(21)16-11-4-2-1-3-5-11/h1-5,12,20H,6-10H2,(H,16,21).